The molecule has 0 aliphatic carbocycles. The summed E-state index contributed by atoms with van der Waals surface area (Å²) in [6, 6.07) is 10.0. The molecule has 0 radical (unpaired) electrons. The maximum Gasteiger partial charge on any atom is 0.179 e. The van der Waals surface area contributed by atoms with E-state index in [-0.39, 0.29) is 5.78 Å². The van der Waals surface area contributed by atoms with Crippen molar-refractivity contribution in [1.29, 1.82) is 0 Å². The third-order valence-corrected chi connectivity index (χ3v) is 5.19. The number of hydrogen-bond acceptors (Lipinski definition) is 5. The lowest BCUT2D eigenvalue weighted by Gasteiger charge is -2.35. The van der Waals surface area contributed by atoms with Crippen LogP contribution in [-0.4, -0.2) is 58.4 Å². The van der Waals surface area contributed by atoms with E-state index < -0.39 is 0 Å². The van der Waals surface area contributed by atoms with Crippen molar-refractivity contribution in [2.24, 2.45) is 0 Å². The van der Waals surface area contributed by atoms with Gasteiger partial charge in [0.1, 0.15) is 11.6 Å². The number of Topliss-reactive ketones (excluding diaryl/α,β-unsaturated/α-hetero) is 1. The molecule has 1 aliphatic rings. The van der Waals surface area contributed by atoms with E-state index >= 15 is 0 Å². The Morgan fingerprint density at radius 3 is 2.56 bits per heavy atom. The molecule has 1 saturated heterocycles. The van der Waals surface area contributed by atoms with E-state index in [4.69, 9.17) is 0 Å². The van der Waals surface area contributed by atoms with Crippen LogP contribution in [-0.2, 0) is 0 Å². The molecule has 3 aromatic rings. The van der Waals surface area contributed by atoms with Gasteiger partial charge in [0.05, 0.1) is 6.54 Å². The fourth-order valence-corrected chi connectivity index (χ4v) is 3.91. The number of carbonyl (C=O) groups is 1. The van der Waals surface area contributed by atoms with Crippen LogP contribution in [0.2, 0.25) is 0 Å². The van der Waals surface area contributed by atoms with Gasteiger partial charge >= 0.3 is 0 Å². The highest BCUT2D eigenvalue weighted by Gasteiger charge is 2.23. The number of piperazine rings is 1. The largest absolute Gasteiger partial charge is 0.358 e. The number of carbonyl (C=O) groups excluding carboxylic acids is 1. The molecule has 1 fully saturated rings. The minimum absolute atomic E-state index is 0.187. The van der Waals surface area contributed by atoms with Gasteiger partial charge in [-0.25, -0.2) is 9.97 Å². The zero-order valence-corrected chi connectivity index (χ0v) is 16.1. The highest BCUT2D eigenvalue weighted by molar-refractivity contribution is 6.10. The van der Waals surface area contributed by atoms with Crippen molar-refractivity contribution in [2.75, 3.05) is 37.6 Å². The fourth-order valence-electron chi connectivity index (χ4n) is 3.91. The molecule has 1 N–H and O–H groups in total. The zero-order chi connectivity index (χ0) is 19.0. The third-order valence-electron chi connectivity index (χ3n) is 5.19. The van der Waals surface area contributed by atoms with Crippen LogP contribution >= 0.6 is 0 Å². The summed E-state index contributed by atoms with van der Waals surface area (Å²) in [6.07, 6.45) is 0. The van der Waals surface area contributed by atoms with E-state index in [2.05, 4.69) is 24.8 Å². The normalized spacial score (nSPS) is 15.4. The van der Waals surface area contributed by atoms with Gasteiger partial charge in [0, 0.05) is 60.1 Å². The van der Waals surface area contributed by atoms with Crippen LogP contribution in [0.3, 0.4) is 0 Å². The molecule has 4 rings (SSSR count). The molecule has 6 heteroatoms. The maximum absolute atomic E-state index is 13.0. The fraction of sp³-hybridized carbons (Fsp3) is 0.381. The van der Waals surface area contributed by atoms with Crippen LogP contribution in [0.25, 0.3) is 10.9 Å². The van der Waals surface area contributed by atoms with Crippen LogP contribution in [0.15, 0.2) is 30.3 Å². The molecule has 140 valence electrons. The van der Waals surface area contributed by atoms with Gasteiger partial charge in [-0.05, 0) is 26.8 Å². The first-order valence-electron chi connectivity index (χ1n) is 9.41. The van der Waals surface area contributed by atoms with Gasteiger partial charge < -0.3 is 9.88 Å². The van der Waals surface area contributed by atoms with E-state index in [1.807, 2.05) is 51.1 Å². The number of anilines is 1. The van der Waals surface area contributed by atoms with Crippen LogP contribution in [0.4, 0.5) is 5.82 Å². The van der Waals surface area contributed by atoms with Crippen LogP contribution in [0.1, 0.15) is 27.6 Å². The number of hydrogen-bond donors (Lipinski definition) is 1. The lowest BCUT2D eigenvalue weighted by atomic mass is 10.1. The number of aryl methyl sites for hydroxylation is 3. The van der Waals surface area contributed by atoms with E-state index in [1.54, 1.807) is 0 Å². The van der Waals surface area contributed by atoms with Crippen molar-refractivity contribution < 1.29 is 4.79 Å². The zero-order valence-electron chi connectivity index (χ0n) is 16.1. The average molecular weight is 363 g/mol. The van der Waals surface area contributed by atoms with Crippen molar-refractivity contribution in [2.45, 2.75) is 20.8 Å². The average Bonchev–Trinajstić information content (AvgIpc) is 2.97. The minimum Gasteiger partial charge on any atom is -0.358 e. The number of fused-ring (bicyclic) bond motifs is 1. The van der Waals surface area contributed by atoms with Crippen LogP contribution in [0, 0.1) is 20.8 Å². The number of nitrogens with one attached hydrogen (secondary N) is 1. The second-order valence-electron chi connectivity index (χ2n) is 7.27. The molecule has 0 amide bonds. The predicted octanol–water partition coefficient (Wildman–Crippen LogP) is 2.89. The molecular formula is C21H25N5O. The Hall–Kier alpha value is -2.73. The Bertz CT molecular complexity index is 965. The molecule has 0 bridgehead atoms. The number of nitrogens with zero attached hydrogens (tertiary/aromatic N) is 4. The van der Waals surface area contributed by atoms with Crippen molar-refractivity contribution in [3.63, 3.8) is 0 Å². The summed E-state index contributed by atoms with van der Waals surface area (Å²) in [4.78, 5) is 29.7. The molecule has 0 atom stereocenters. The Balaban J connectivity index is 1.43. The second kappa shape index (κ2) is 7.12. The third kappa shape index (κ3) is 3.57. The molecule has 2 aromatic heterocycles. The van der Waals surface area contributed by atoms with E-state index in [1.165, 1.54) is 0 Å². The number of rotatable bonds is 4. The molecule has 0 unspecified atom stereocenters. The first kappa shape index (κ1) is 17.7. The van der Waals surface area contributed by atoms with E-state index in [9.17, 15) is 4.79 Å². The molecule has 1 aromatic carbocycles. The number of aromatic nitrogens is 3. The summed E-state index contributed by atoms with van der Waals surface area (Å²) in [5.74, 6) is 1.97. The van der Waals surface area contributed by atoms with Gasteiger partial charge in [0.25, 0.3) is 0 Å². The van der Waals surface area contributed by atoms with Crippen molar-refractivity contribution in [3.8, 4) is 0 Å². The molecule has 0 saturated carbocycles. The van der Waals surface area contributed by atoms with Crippen molar-refractivity contribution in [3.05, 3.63) is 53.1 Å². The summed E-state index contributed by atoms with van der Waals surface area (Å²) < 4.78 is 0. The number of benzene rings is 1. The number of aromatic amines is 1. The Kier molecular flexibility index (Phi) is 4.66. The molecular weight excluding hydrogens is 338 g/mol. The monoisotopic (exact) mass is 363 g/mol. The topological polar surface area (TPSA) is 65.1 Å². The molecule has 1 aliphatic heterocycles. The summed E-state index contributed by atoms with van der Waals surface area (Å²) in [6.45, 7) is 9.81. The van der Waals surface area contributed by atoms with Crippen LogP contribution < -0.4 is 4.90 Å². The quantitative estimate of drug-likeness (QED) is 0.722. The summed E-state index contributed by atoms with van der Waals surface area (Å²) >= 11 is 0. The minimum atomic E-state index is 0.187. The van der Waals surface area contributed by atoms with Crippen LogP contribution in [0.5, 0.6) is 0 Å². The lowest BCUT2D eigenvalue weighted by molar-refractivity contribution is 0.0927. The van der Waals surface area contributed by atoms with Gasteiger partial charge in [-0.3, -0.25) is 9.69 Å². The summed E-state index contributed by atoms with van der Waals surface area (Å²) in [7, 11) is 0. The molecule has 0 spiro atoms. The number of H-pyrrole nitrogens is 1. The van der Waals surface area contributed by atoms with E-state index in [0.717, 1.165) is 65.7 Å². The maximum atomic E-state index is 13.0. The first-order valence-corrected chi connectivity index (χ1v) is 9.41. The van der Waals surface area contributed by atoms with Gasteiger partial charge in [0.2, 0.25) is 0 Å². The standard InChI is InChI=1S/C21H25N5O/c1-14-12-20(24-16(3)22-14)26-10-8-25(9-11-26)13-19(27)21-15(2)23-18-7-5-4-6-17(18)21/h4-7,12,23H,8-11,13H2,1-3H3. The molecule has 27 heavy (non-hydrogen) atoms. The highest BCUT2D eigenvalue weighted by atomic mass is 16.1. The van der Waals surface area contributed by atoms with Crippen molar-refractivity contribution in [1.82, 2.24) is 19.9 Å². The van der Waals surface area contributed by atoms with Gasteiger partial charge in [-0.1, -0.05) is 18.2 Å². The smallest absolute Gasteiger partial charge is 0.179 e. The van der Waals surface area contributed by atoms with Gasteiger partial charge in [0.15, 0.2) is 5.78 Å². The van der Waals surface area contributed by atoms with Gasteiger partial charge in [-0.15, -0.1) is 0 Å². The summed E-state index contributed by atoms with van der Waals surface area (Å²) in [5.41, 5.74) is 3.80. The first-order chi connectivity index (χ1) is 13.0. The predicted molar refractivity (Wildman–Crippen MR) is 108 cm³/mol. The SMILES string of the molecule is Cc1cc(N2CCN(CC(=O)c3c(C)[nH]c4ccccc34)CC2)nc(C)n1. The summed E-state index contributed by atoms with van der Waals surface area (Å²) in [5, 5.41) is 1.02. The van der Waals surface area contributed by atoms with Gasteiger partial charge in [-0.2, -0.15) is 0 Å². The lowest BCUT2D eigenvalue weighted by Crippen LogP contribution is -2.48. The molecule has 3 heterocycles. The molecule has 6 nitrogen and oxygen atoms in total. The number of para-hydroxylation sites is 1. The number of ketones is 1. The second-order valence-corrected chi connectivity index (χ2v) is 7.27. The van der Waals surface area contributed by atoms with Crippen molar-refractivity contribution >= 4 is 22.5 Å². The highest BCUT2D eigenvalue weighted by Crippen LogP contribution is 2.23. The Labute approximate surface area is 159 Å². The Morgan fingerprint density at radius 2 is 1.81 bits per heavy atom. The van der Waals surface area contributed by atoms with E-state index in [0.29, 0.717) is 6.54 Å². The Morgan fingerprint density at radius 1 is 1.07 bits per heavy atom.